The van der Waals surface area contributed by atoms with E-state index in [9.17, 15) is 0 Å². The van der Waals surface area contributed by atoms with Gasteiger partial charge in [0.2, 0.25) is 0 Å². The average molecular weight is 264 g/mol. The molecule has 0 aliphatic rings. The van der Waals surface area contributed by atoms with Crippen LogP contribution in [0.1, 0.15) is 17.2 Å². The summed E-state index contributed by atoms with van der Waals surface area (Å²) in [6.45, 7) is 0. The number of aromatic nitrogens is 1. The van der Waals surface area contributed by atoms with E-state index in [-0.39, 0.29) is 6.04 Å². The Morgan fingerprint density at radius 1 is 0.900 bits per heavy atom. The molecular formula is C16H16N4. The zero-order valence-electron chi connectivity index (χ0n) is 11.0. The van der Waals surface area contributed by atoms with Gasteiger partial charge in [-0.25, -0.2) is 5.43 Å². The molecule has 0 amide bonds. The van der Waals surface area contributed by atoms with Gasteiger partial charge in [-0.1, -0.05) is 36.4 Å². The quantitative estimate of drug-likeness (QED) is 0.385. The van der Waals surface area contributed by atoms with Crippen LogP contribution in [-0.4, -0.2) is 4.98 Å². The Morgan fingerprint density at radius 2 is 1.70 bits per heavy atom. The van der Waals surface area contributed by atoms with Gasteiger partial charge < -0.3 is 5.73 Å². The lowest BCUT2D eigenvalue weighted by molar-refractivity contribution is 0.642. The lowest BCUT2D eigenvalue weighted by Crippen LogP contribution is -2.29. The maximum absolute atomic E-state index is 6.07. The van der Waals surface area contributed by atoms with Crippen LogP contribution in [-0.2, 0) is 0 Å². The van der Waals surface area contributed by atoms with Crippen LogP contribution in [0.2, 0.25) is 0 Å². The molecule has 5 N–H and O–H groups in total. The molecule has 100 valence electrons. The second-order valence-corrected chi connectivity index (χ2v) is 4.65. The molecule has 20 heavy (non-hydrogen) atoms. The molecule has 0 saturated heterocycles. The van der Waals surface area contributed by atoms with Gasteiger partial charge in [0.05, 0.1) is 11.6 Å². The number of pyridine rings is 1. The Balaban J connectivity index is 2.20. The van der Waals surface area contributed by atoms with Crippen molar-refractivity contribution >= 4 is 16.6 Å². The molecule has 0 aliphatic heterocycles. The van der Waals surface area contributed by atoms with Gasteiger partial charge in [-0.05, 0) is 29.3 Å². The van der Waals surface area contributed by atoms with E-state index in [1.165, 1.54) is 0 Å². The molecule has 0 fully saturated rings. The van der Waals surface area contributed by atoms with E-state index < -0.39 is 0 Å². The third-order valence-electron chi connectivity index (χ3n) is 3.46. The molecular weight excluding hydrogens is 248 g/mol. The Labute approximate surface area is 117 Å². The summed E-state index contributed by atoms with van der Waals surface area (Å²) in [7, 11) is 0. The van der Waals surface area contributed by atoms with Crippen LogP contribution < -0.4 is 17.0 Å². The van der Waals surface area contributed by atoms with Crippen LogP contribution in [0.25, 0.3) is 10.9 Å². The van der Waals surface area contributed by atoms with Crippen LogP contribution in [0.4, 0.5) is 5.69 Å². The van der Waals surface area contributed by atoms with E-state index in [1.807, 2.05) is 54.6 Å². The summed E-state index contributed by atoms with van der Waals surface area (Å²) in [6, 6.07) is 17.5. The van der Waals surface area contributed by atoms with Crippen molar-refractivity contribution in [2.75, 3.05) is 5.73 Å². The molecule has 1 heterocycles. The molecule has 2 aromatic carbocycles. The number of hydrazine groups is 1. The van der Waals surface area contributed by atoms with Crippen LogP contribution in [0.5, 0.6) is 0 Å². The summed E-state index contributed by atoms with van der Waals surface area (Å²) >= 11 is 0. The smallest absolute Gasteiger partial charge is 0.0736 e. The van der Waals surface area contributed by atoms with Crippen LogP contribution >= 0.6 is 0 Å². The van der Waals surface area contributed by atoms with Crippen molar-refractivity contribution in [3.05, 3.63) is 71.9 Å². The van der Waals surface area contributed by atoms with Gasteiger partial charge in [0.1, 0.15) is 0 Å². The van der Waals surface area contributed by atoms with Crippen molar-refractivity contribution < 1.29 is 0 Å². The monoisotopic (exact) mass is 264 g/mol. The summed E-state index contributed by atoms with van der Waals surface area (Å²) in [5, 5.41) is 1.07. The van der Waals surface area contributed by atoms with E-state index in [4.69, 9.17) is 11.6 Å². The number of rotatable bonds is 3. The molecule has 0 radical (unpaired) electrons. The molecule has 0 bridgehead atoms. The predicted octanol–water partition coefficient (Wildman–Crippen LogP) is 2.37. The first-order valence-electron chi connectivity index (χ1n) is 6.45. The number of nitrogens with two attached hydrogens (primary N) is 2. The van der Waals surface area contributed by atoms with Gasteiger partial charge >= 0.3 is 0 Å². The molecule has 0 saturated carbocycles. The minimum absolute atomic E-state index is 0.163. The van der Waals surface area contributed by atoms with E-state index in [1.54, 1.807) is 6.20 Å². The van der Waals surface area contributed by atoms with Gasteiger partial charge in [0.15, 0.2) is 0 Å². The summed E-state index contributed by atoms with van der Waals surface area (Å²) in [4.78, 5) is 4.37. The molecule has 1 unspecified atom stereocenters. The van der Waals surface area contributed by atoms with Crippen LogP contribution in [0, 0.1) is 0 Å². The Kier molecular flexibility index (Phi) is 3.33. The topological polar surface area (TPSA) is 77.0 Å². The third kappa shape index (κ3) is 2.11. The minimum Gasteiger partial charge on any atom is -0.398 e. The highest BCUT2D eigenvalue weighted by Gasteiger charge is 2.17. The van der Waals surface area contributed by atoms with Crippen LogP contribution in [0.3, 0.4) is 0 Å². The lowest BCUT2D eigenvalue weighted by Gasteiger charge is -2.20. The van der Waals surface area contributed by atoms with E-state index in [2.05, 4.69) is 10.4 Å². The molecule has 1 atom stereocenters. The number of nitrogens with zero attached hydrogens (tertiary/aromatic N) is 1. The Bertz CT molecular complexity index is 734. The minimum atomic E-state index is -0.163. The number of nitrogen functional groups attached to an aromatic ring is 1. The number of para-hydroxylation sites is 1. The summed E-state index contributed by atoms with van der Waals surface area (Å²) < 4.78 is 0. The summed E-state index contributed by atoms with van der Waals surface area (Å²) in [5.41, 5.74) is 12.6. The number of fused-ring (bicyclic) bond motifs is 1. The maximum Gasteiger partial charge on any atom is 0.0736 e. The number of anilines is 1. The van der Waals surface area contributed by atoms with Crippen LogP contribution in [0.15, 0.2) is 60.8 Å². The Morgan fingerprint density at radius 3 is 2.50 bits per heavy atom. The standard InChI is InChI=1S/C16H16N4/c17-14-8-2-1-5-13(14)16(20-18)12-6-3-9-15-11(12)7-4-10-19-15/h1-10,16,20H,17-18H2. The van der Waals surface area contributed by atoms with Crippen molar-refractivity contribution in [2.24, 2.45) is 5.84 Å². The fourth-order valence-corrected chi connectivity index (χ4v) is 2.50. The molecule has 3 rings (SSSR count). The number of hydrogen-bond acceptors (Lipinski definition) is 4. The van der Waals surface area contributed by atoms with E-state index >= 15 is 0 Å². The molecule has 3 aromatic rings. The van der Waals surface area contributed by atoms with Crippen molar-refractivity contribution in [1.29, 1.82) is 0 Å². The van der Waals surface area contributed by atoms with Crippen molar-refractivity contribution in [3.8, 4) is 0 Å². The normalized spacial score (nSPS) is 12.4. The molecule has 1 aromatic heterocycles. The third-order valence-corrected chi connectivity index (χ3v) is 3.46. The fraction of sp³-hybridized carbons (Fsp3) is 0.0625. The first-order chi connectivity index (χ1) is 9.81. The van der Waals surface area contributed by atoms with Gasteiger partial charge in [0, 0.05) is 17.3 Å². The second kappa shape index (κ2) is 5.28. The van der Waals surface area contributed by atoms with Crippen molar-refractivity contribution in [3.63, 3.8) is 0 Å². The zero-order chi connectivity index (χ0) is 13.9. The molecule has 4 nitrogen and oxygen atoms in total. The molecule has 4 heteroatoms. The number of hydrogen-bond donors (Lipinski definition) is 3. The van der Waals surface area contributed by atoms with Gasteiger partial charge in [-0.15, -0.1) is 0 Å². The second-order valence-electron chi connectivity index (χ2n) is 4.65. The number of nitrogens with one attached hydrogen (secondary N) is 1. The van der Waals surface area contributed by atoms with Gasteiger partial charge in [-0.2, -0.15) is 0 Å². The zero-order valence-corrected chi connectivity index (χ0v) is 11.0. The van der Waals surface area contributed by atoms with Crippen molar-refractivity contribution in [2.45, 2.75) is 6.04 Å². The van der Waals surface area contributed by atoms with Gasteiger partial charge in [-0.3, -0.25) is 10.8 Å². The SMILES string of the molecule is NNC(c1ccccc1N)c1cccc2ncccc12. The van der Waals surface area contributed by atoms with E-state index in [0.717, 1.165) is 27.7 Å². The first-order valence-corrected chi connectivity index (χ1v) is 6.45. The maximum atomic E-state index is 6.07. The van der Waals surface area contributed by atoms with Gasteiger partial charge in [0.25, 0.3) is 0 Å². The molecule has 0 spiro atoms. The summed E-state index contributed by atoms with van der Waals surface area (Å²) in [6.07, 6.45) is 1.79. The average Bonchev–Trinajstić information content (AvgIpc) is 2.50. The first kappa shape index (κ1) is 12.6. The lowest BCUT2D eigenvalue weighted by atomic mass is 9.94. The van der Waals surface area contributed by atoms with E-state index in [0.29, 0.717) is 0 Å². The largest absolute Gasteiger partial charge is 0.398 e. The Hall–Kier alpha value is -2.43. The number of benzene rings is 2. The summed E-state index contributed by atoms with van der Waals surface area (Å²) in [5.74, 6) is 5.77. The highest BCUT2D eigenvalue weighted by molar-refractivity contribution is 5.83. The highest BCUT2D eigenvalue weighted by Crippen LogP contribution is 2.30. The predicted molar refractivity (Wildman–Crippen MR) is 81.8 cm³/mol. The fourth-order valence-electron chi connectivity index (χ4n) is 2.50. The van der Waals surface area contributed by atoms with Crippen molar-refractivity contribution in [1.82, 2.24) is 10.4 Å². The molecule has 0 aliphatic carbocycles. The highest BCUT2D eigenvalue weighted by atomic mass is 15.2.